The summed E-state index contributed by atoms with van der Waals surface area (Å²) in [6.07, 6.45) is 1.93. The number of ether oxygens (including phenoxy) is 2. The van der Waals surface area contributed by atoms with E-state index in [1.807, 2.05) is 13.8 Å². The fraction of sp³-hybridized carbons (Fsp3) is 0.421. The SMILES string of the molecule is COC(=O)[C@H](CC(C)C)N1CC(Oc2cccc3oc(C)nc23)=CC1=O. The highest BCUT2D eigenvalue weighted by Crippen LogP contribution is 2.29. The standard InChI is InChI=1S/C19H22N2O5/c1-11(2)8-14(19(23)24-4)21-10-13(9-17(21)22)26-16-7-5-6-15-18(16)20-12(3)25-15/h5-7,9,11,14H,8,10H2,1-4H3/t14-/m0/s1. The number of carbonyl (C=O) groups excluding carboxylic acids is 2. The number of amides is 1. The monoisotopic (exact) mass is 358 g/mol. The van der Waals surface area contributed by atoms with Crippen molar-refractivity contribution in [2.45, 2.75) is 33.2 Å². The zero-order chi connectivity index (χ0) is 18.8. The molecule has 1 aliphatic rings. The van der Waals surface area contributed by atoms with Gasteiger partial charge in [-0.1, -0.05) is 19.9 Å². The van der Waals surface area contributed by atoms with E-state index >= 15 is 0 Å². The number of nitrogens with zero attached hydrogens (tertiary/aromatic N) is 2. The lowest BCUT2D eigenvalue weighted by atomic mass is 10.0. The molecule has 1 amide bonds. The molecule has 138 valence electrons. The largest absolute Gasteiger partial charge is 0.467 e. The van der Waals surface area contributed by atoms with Gasteiger partial charge in [0.05, 0.1) is 13.7 Å². The molecule has 0 saturated heterocycles. The molecule has 0 saturated carbocycles. The summed E-state index contributed by atoms with van der Waals surface area (Å²) in [7, 11) is 1.33. The van der Waals surface area contributed by atoms with Crippen molar-refractivity contribution in [3.63, 3.8) is 0 Å². The summed E-state index contributed by atoms with van der Waals surface area (Å²) in [5.41, 5.74) is 1.22. The van der Waals surface area contributed by atoms with E-state index in [1.165, 1.54) is 18.1 Å². The summed E-state index contributed by atoms with van der Waals surface area (Å²) in [5, 5.41) is 0. The van der Waals surface area contributed by atoms with Gasteiger partial charge in [0.2, 0.25) is 0 Å². The number of aryl methyl sites for hydroxylation is 1. The first-order chi connectivity index (χ1) is 12.4. The molecule has 1 aliphatic heterocycles. The Labute approximate surface area is 151 Å². The number of hydrogen-bond acceptors (Lipinski definition) is 6. The molecule has 0 bridgehead atoms. The van der Waals surface area contributed by atoms with Crippen LogP contribution in [-0.2, 0) is 14.3 Å². The van der Waals surface area contributed by atoms with E-state index in [2.05, 4.69) is 4.98 Å². The third kappa shape index (κ3) is 3.56. The number of hydrogen-bond donors (Lipinski definition) is 0. The number of carbonyl (C=O) groups is 2. The van der Waals surface area contributed by atoms with Crippen LogP contribution in [0.4, 0.5) is 0 Å². The van der Waals surface area contributed by atoms with Gasteiger partial charge >= 0.3 is 5.97 Å². The summed E-state index contributed by atoms with van der Waals surface area (Å²) in [6.45, 7) is 5.96. The topological polar surface area (TPSA) is 81.9 Å². The zero-order valence-corrected chi connectivity index (χ0v) is 15.3. The third-order valence-electron chi connectivity index (χ3n) is 4.17. The van der Waals surface area contributed by atoms with Crippen LogP contribution in [0.1, 0.15) is 26.2 Å². The second kappa shape index (κ2) is 7.19. The molecule has 1 aromatic heterocycles. The van der Waals surface area contributed by atoms with E-state index in [4.69, 9.17) is 13.9 Å². The lowest BCUT2D eigenvalue weighted by Gasteiger charge is -2.27. The average Bonchev–Trinajstić information content (AvgIpc) is 3.14. The summed E-state index contributed by atoms with van der Waals surface area (Å²) in [6, 6.07) is 4.74. The Bertz CT molecular complexity index is 868. The van der Waals surface area contributed by atoms with Crippen molar-refractivity contribution in [3.8, 4) is 5.75 Å². The van der Waals surface area contributed by atoms with Crippen LogP contribution in [0.15, 0.2) is 34.5 Å². The Hall–Kier alpha value is -2.83. The van der Waals surface area contributed by atoms with Gasteiger partial charge in [-0.3, -0.25) is 4.79 Å². The van der Waals surface area contributed by atoms with Crippen molar-refractivity contribution < 1.29 is 23.5 Å². The molecular formula is C19H22N2O5. The first kappa shape index (κ1) is 18.0. The van der Waals surface area contributed by atoms with Crippen molar-refractivity contribution in [2.75, 3.05) is 13.7 Å². The van der Waals surface area contributed by atoms with Crippen LogP contribution in [-0.4, -0.2) is 41.5 Å². The Balaban J connectivity index is 1.79. The highest BCUT2D eigenvalue weighted by Gasteiger charge is 2.35. The molecule has 7 nitrogen and oxygen atoms in total. The third-order valence-corrected chi connectivity index (χ3v) is 4.17. The predicted molar refractivity (Wildman–Crippen MR) is 94.4 cm³/mol. The maximum absolute atomic E-state index is 12.4. The summed E-state index contributed by atoms with van der Waals surface area (Å²) in [5.74, 6) is 1.07. The van der Waals surface area contributed by atoms with Crippen molar-refractivity contribution in [3.05, 3.63) is 35.9 Å². The Kier molecular flexibility index (Phi) is 4.97. The molecule has 26 heavy (non-hydrogen) atoms. The fourth-order valence-electron chi connectivity index (χ4n) is 3.03. The van der Waals surface area contributed by atoms with Gasteiger partial charge in [0, 0.05) is 13.0 Å². The number of benzene rings is 1. The van der Waals surface area contributed by atoms with Crippen LogP contribution < -0.4 is 4.74 Å². The molecule has 7 heteroatoms. The molecule has 0 N–H and O–H groups in total. The Morgan fingerprint density at radius 3 is 2.85 bits per heavy atom. The van der Waals surface area contributed by atoms with E-state index < -0.39 is 12.0 Å². The van der Waals surface area contributed by atoms with E-state index in [1.54, 1.807) is 25.1 Å². The predicted octanol–water partition coefficient (Wildman–Crippen LogP) is 2.83. The zero-order valence-electron chi connectivity index (χ0n) is 15.3. The van der Waals surface area contributed by atoms with Gasteiger partial charge in [-0.05, 0) is 24.5 Å². The Morgan fingerprint density at radius 1 is 1.38 bits per heavy atom. The second-order valence-electron chi connectivity index (χ2n) is 6.68. The fourth-order valence-corrected chi connectivity index (χ4v) is 3.03. The number of para-hydroxylation sites is 1. The average molecular weight is 358 g/mol. The minimum absolute atomic E-state index is 0.207. The molecular weight excluding hydrogens is 336 g/mol. The summed E-state index contributed by atoms with van der Waals surface area (Å²) < 4.78 is 16.3. The molecule has 0 fully saturated rings. The van der Waals surface area contributed by atoms with E-state index in [9.17, 15) is 9.59 Å². The molecule has 3 rings (SSSR count). The summed E-state index contributed by atoms with van der Waals surface area (Å²) in [4.78, 5) is 30.3. The van der Waals surface area contributed by atoms with E-state index in [0.29, 0.717) is 34.9 Å². The highest BCUT2D eigenvalue weighted by atomic mass is 16.5. The first-order valence-corrected chi connectivity index (χ1v) is 8.52. The molecule has 0 aliphatic carbocycles. The number of esters is 1. The number of aromatic nitrogens is 1. The first-order valence-electron chi connectivity index (χ1n) is 8.52. The molecule has 0 unspecified atom stereocenters. The van der Waals surface area contributed by atoms with Crippen molar-refractivity contribution in [2.24, 2.45) is 5.92 Å². The van der Waals surface area contributed by atoms with Gasteiger partial charge < -0.3 is 18.8 Å². The van der Waals surface area contributed by atoms with Crippen LogP contribution in [0.5, 0.6) is 5.75 Å². The van der Waals surface area contributed by atoms with Crippen molar-refractivity contribution in [1.29, 1.82) is 0 Å². The van der Waals surface area contributed by atoms with Crippen LogP contribution >= 0.6 is 0 Å². The number of methoxy groups -OCH3 is 1. The normalized spacial score (nSPS) is 15.5. The van der Waals surface area contributed by atoms with Crippen LogP contribution in [0.25, 0.3) is 11.1 Å². The molecule has 2 aromatic rings. The van der Waals surface area contributed by atoms with Gasteiger partial charge in [0.1, 0.15) is 11.8 Å². The van der Waals surface area contributed by atoms with Crippen LogP contribution in [0, 0.1) is 12.8 Å². The van der Waals surface area contributed by atoms with E-state index in [-0.39, 0.29) is 18.4 Å². The Morgan fingerprint density at radius 2 is 2.15 bits per heavy atom. The maximum atomic E-state index is 12.4. The van der Waals surface area contributed by atoms with Gasteiger partial charge in [-0.25, -0.2) is 9.78 Å². The smallest absolute Gasteiger partial charge is 0.328 e. The number of fused-ring (bicyclic) bond motifs is 1. The quantitative estimate of drug-likeness (QED) is 0.739. The van der Waals surface area contributed by atoms with Gasteiger partial charge in [0.25, 0.3) is 5.91 Å². The molecule has 1 aromatic carbocycles. The molecule has 2 heterocycles. The number of rotatable bonds is 6. The minimum Gasteiger partial charge on any atom is -0.467 e. The molecule has 0 radical (unpaired) electrons. The van der Waals surface area contributed by atoms with Gasteiger partial charge in [0.15, 0.2) is 22.7 Å². The lowest BCUT2D eigenvalue weighted by Crippen LogP contribution is -2.44. The lowest BCUT2D eigenvalue weighted by molar-refractivity contribution is -0.151. The number of oxazole rings is 1. The second-order valence-corrected chi connectivity index (χ2v) is 6.68. The van der Waals surface area contributed by atoms with E-state index in [0.717, 1.165) is 0 Å². The molecule has 1 atom stereocenters. The van der Waals surface area contributed by atoms with Crippen LogP contribution in [0.3, 0.4) is 0 Å². The summed E-state index contributed by atoms with van der Waals surface area (Å²) >= 11 is 0. The maximum Gasteiger partial charge on any atom is 0.328 e. The highest BCUT2D eigenvalue weighted by molar-refractivity contribution is 5.94. The minimum atomic E-state index is -0.630. The van der Waals surface area contributed by atoms with Gasteiger partial charge in [-0.2, -0.15) is 0 Å². The van der Waals surface area contributed by atoms with Crippen molar-refractivity contribution >= 4 is 23.0 Å². The van der Waals surface area contributed by atoms with Crippen molar-refractivity contribution in [1.82, 2.24) is 9.88 Å². The molecule has 0 spiro atoms. The van der Waals surface area contributed by atoms with Crippen LogP contribution in [0.2, 0.25) is 0 Å². The van der Waals surface area contributed by atoms with Gasteiger partial charge in [-0.15, -0.1) is 0 Å².